The van der Waals surface area contributed by atoms with E-state index in [1.165, 1.54) is 0 Å². The van der Waals surface area contributed by atoms with Crippen LogP contribution < -0.4 is 0 Å². The number of carbonyl (C=O) groups excluding carboxylic acids is 1. The maximum absolute atomic E-state index is 11.0. The molecule has 2 heterocycles. The van der Waals surface area contributed by atoms with Crippen molar-refractivity contribution in [1.29, 1.82) is 0 Å². The van der Waals surface area contributed by atoms with Crippen LogP contribution in [0.25, 0.3) is 0 Å². The Morgan fingerprint density at radius 1 is 1.70 bits per heavy atom. The number of nitrogens with zero attached hydrogens (tertiary/aromatic N) is 1. The summed E-state index contributed by atoms with van der Waals surface area (Å²) in [7, 11) is 0. The molecular weight excluding hydrogens is 130 g/mol. The molecule has 0 aromatic rings. The maximum Gasteiger partial charge on any atom is 0.222 e. The number of likely N-dealkylation sites (tertiary alicyclic amines) is 1. The van der Waals surface area contributed by atoms with Crippen molar-refractivity contribution in [3.63, 3.8) is 0 Å². The summed E-state index contributed by atoms with van der Waals surface area (Å²) in [4.78, 5) is 12.9. The molecule has 1 atom stereocenters. The summed E-state index contributed by atoms with van der Waals surface area (Å²) < 4.78 is 5.02. The molecule has 0 unspecified atom stereocenters. The van der Waals surface area contributed by atoms with Gasteiger partial charge in [0.15, 0.2) is 0 Å². The van der Waals surface area contributed by atoms with E-state index in [1.54, 1.807) is 0 Å². The zero-order chi connectivity index (χ0) is 6.97. The predicted octanol–water partition coefficient (Wildman–Crippen LogP) is 0.00760. The molecule has 0 radical (unpaired) electrons. The number of hydrogen-bond donors (Lipinski definition) is 0. The van der Waals surface area contributed by atoms with Gasteiger partial charge in [0.25, 0.3) is 0 Å². The third-order valence-electron chi connectivity index (χ3n) is 2.00. The molecule has 0 spiro atoms. The highest BCUT2D eigenvalue weighted by atomic mass is 16.6. The van der Waals surface area contributed by atoms with Crippen LogP contribution >= 0.6 is 0 Å². The van der Waals surface area contributed by atoms with E-state index >= 15 is 0 Å². The number of hydrogen-bond acceptors (Lipinski definition) is 2. The number of ether oxygens (including phenoxy) is 1. The van der Waals surface area contributed by atoms with Crippen LogP contribution in [-0.2, 0) is 9.53 Å². The Morgan fingerprint density at radius 2 is 2.50 bits per heavy atom. The highest BCUT2D eigenvalue weighted by Gasteiger charge is 2.29. The maximum atomic E-state index is 11.0. The van der Waals surface area contributed by atoms with Crippen molar-refractivity contribution in [3.8, 4) is 0 Å². The van der Waals surface area contributed by atoms with Gasteiger partial charge in [0.1, 0.15) is 0 Å². The summed E-state index contributed by atoms with van der Waals surface area (Å²) in [6.45, 7) is 2.63. The largest absolute Gasteiger partial charge is 0.371 e. The summed E-state index contributed by atoms with van der Waals surface area (Å²) in [5.74, 6) is 0.301. The Morgan fingerprint density at radius 3 is 3.00 bits per heavy atom. The number of amides is 1. The minimum absolute atomic E-state index is 0.301. The lowest BCUT2D eigenvalue weighted by Crippen LogP contribution is -2.28. The fraction of sp³-hybridized carbons (Fsp3) is 0.857. The van der Waals surface area contributed by atoms with Crippen molar-refractivity contribution in [2.24, 2.45) is 0 Å². The first kappa shape index (κ1) is 6.16. The van der Waals surface area contributed by atoms with Crippen molar-refractivity contribution < 1.29 is 9.53 Å². The van der Waals surface area contributed by atoms with Gasteiger partial charge in [0, 0.05) is 19.5 Å². The lowest BCUT2D eigenvalue weighted by molar-refractivity contribution is -0.127. The van der Waals surface area contributed by atoms with E-state index in [0.717, 1.165) is 32.5 Å². The highest BCUT2D eigenvalue weighted by Crippen LogP contribution is 2.16. The smallest absolute Gasteiger partial charge is 0.222 e. The van der Waals surface area contributed by atoms with E-state index in [0.29, 0.717) is 12.0 Å². The predicted molar refractivity (Wildman–Crippen MR) is 35.6 cm³/mol. The molecule has 56 valence electrons. The van der Waals surface area contributed by atoms with E-state index in [4.69, 9.17) is 4.74 Å². The fourth-order valence-corrected chi connectivity index (χ4v) is 1.32. The van der Waals surface area contributed by atoms with Crippen molar-refractivity contribution >= 4 is 5.91 Å². The zero-order valence-corrected chi connectivity index (χ0v) is 5.88. The van der Waals surface area contributed by atoms with Crippen LogP contribution in [0, 0.1) is 0 Å². The summed E-state index contributed by atoms with van der Waals surface area (Å²) >= 11 is 0. The van der Waals surface area contributed by atoms with E-state index in [1.807, 2.05) is 4.90 Å². The molecule has 2 fully saturated rings. The normalized spacial score (nSPS) is 31.4. The molecule has 0 aliphatic carbocycles. The van der Waals surface area contributed by atoms with Crippen molar-refractivity contribution in [2.45, 2.75) is 18.9 Å². The zero-order valence-electron chi connectivity index (χ0n) is 5.88. The second-order valence-electron chi connectivity index (χ2n) is 2.90. The molecule has 10 heavy (non-hydrogen) atoms. The van der Waals surface area contributed by atoms with E-state index < -0.39 is 0 Å². The molecule has 2 rings (SSSR count). The molecule has 3 nitrogen and oxygen atoms in total. The van der Waals surface area contributed by atoms with Gasteiger partial charge in [-0.15, -0.1) is 0 Å². The molecule has 0 N–H and O–H groups in total. The van der Waals surface area contributed by atoms with Crippen molar-refractivity contribution in [3.05, 3.63) is 0 Å². The Bertz CT molecular complexity index is 154. The molecule has 0 aromatic heterocycles. The van der Waals surface area contributed by atoms with Gasteiger partial charge in [-0.2, -0.15) is 0 Å². The Balaban J connectivity index is 1.84. The minimum Gasteiger partial charge on any atom is -0.371 e. The van der Waals surface area contributed by atoms with Crippen LogP contribution in [0.3, 0.4) is 0 Å². The summed E-state index contributed by atoms with van der Waals surface area (Å²) in [5, 5.41) is 0. The quantitative estimate of drug-likeness (QED) is 0.507. The summed E-state index contributed by atoms with van der Waals surface area (Å²) in [5.41, 5.74) is 0. The second kappa shape index (κ2) is 2.23. The van der Waals surface area contributed by atoms with E-state index in [2.05, 4.69) is 0 Å². The molecule has 2 aliphatic rings. The SMILES string of the molecule is O=C1CCCN1C[C@H]1CO1. The van der Waals surface area contributed by atoms with Crippen LogP contribution in [-0.4, -0.2) is 36.6 Å². The summed E-state index contributed by atoms with van der Waals surface area (Å²) in [6.07, 6.45) is 2.14. The first-order valence-corrected chi connectivity index (χ1v) is 3.75. The minimum atomic E-state index is 0.301. The van der Waals surface area contributed by atoms with Crippen molar-refractivity contribution in [1.82, 2.24) is 4.90 Å². The van der Waals surface area contributed by atoms with E-state index in [-0.39, 0.29) is 0 Å². The van der Waals surface area contributed by atoms with Gasteiger partial charge in [0.2, 0.25) is 5.91 Å². The van der Waals surface area contributed by atoms with Gasteiger partial charge in [-0.3, -0.25) is 4.79 Å². The molecule has 0 aromatic carbocycles. The van der Waals surface area contributed by atoms with Crippen LogP contribution in [0.15, 0.2) is 0 Å². The second-order valence-corrected chi connectivity index (χ2v) is 2.90. The van der Waals surface area contributed by atoms with Crippen LogP contribution in [0.5, 0.6) is 0 Å². The van der Waals surface area contributed by atoms with Gasteiger partial charge < -0.3 is 9.64 Å². The molecule has 0 saturated carbocycles. The molecule has 2 aliphatic heterocycles. The Kier molecular flexibility index (Phi) is 1.38. The average Bonchev–Trinajstić information content (AvgIpc) is 2.62. The molecule has 2 saturated heterocycles. The standard InChI is InChI=1S/C7H11NO2/c9-7-2-1-3-8(7)4-6-5-10-6/h6H,1-5H2/t6-/m0/s1. The first-order chi connectivity index (χ1) is 4.86. The van der Waals surface area contributed by atoms with Gasteiger partial charge in [0.05, 0.1) is 12.7 Å². The van der Waals surface area contributed by atoms with Crippen LogP contribution in [0.1, 0.15) is 12.8 Å². The lowest BCUT2D eigenvalue weighted by atomic mass is 10.4. The van der Waals surface area contributed by atoms with Gasteiger partial charge in [-0.1, -0.05) is 0 Å². The average molecular weight is 141 g/mol. The number of epoxide rings is 1. The lowest BCUT2D eigenvalue weighted by Gasteiger charge is -2.12. The molecule has 3 heteroatoms. The first-order valence-electron chi connectivity index (χ1n) is 3.75. The van der Waals surface area contributed by atoms with Gasteiger partial charge in [-0.05, 0) is 6.42 Å². The topological polar surface area (TPSA) is 32.8 Å². The summed E-state index contributed by atoms with van der Waals surface area (Å²) in [6, 6.07) is 0. The molecular formula is C7H11NO2. The van der Waals surface area contributed by atoms with Crippen molar-refractivity contribution in [2.75, 3.05) is 19.7 Å². The van der Waals surface area contributed by atoms with E-state index in [9.17, 15) is 4.79 Å². The highest BCUT2D eigenvalue weighted by molar-refractivity contribution is 5.78. The number of carbonyl (C=O) groups is 1. The Labute approximate surface area is 60.0 Å². The van der Waals surface area contributed by atoms with Gasteiger partial charge in [-0.25, -0.2) is 0 Å². The Hall–Kier alpha value is -0.570. The monoisotopic (exact) mass is 141 g/mol. The van der Waals surface area contributed by atoms with Gasteiger partial charge >= 0.3 is 0 Å². The molecule has 0 bridgehead atoms. The van der Waals surface area contributed by atoms with Crippen LogP contribution in [0.2, 0.25) is 0 Å². The van der Waals surface area contributed by atoms with Crippen LogP contribution in [0.4, 0.5) is 0 Å². The third kappa shape index (κ3) is 1.14. The number of rotatable bonds is 2. The molecule has 1 amide bonds. The fourth-order valence-electron chi connectivity index (χ4n) is 1.32. The third-order valence-corrected chi connectivity index (χ3v) is 2.00.